The van der Waals surface area contributed by atoms with Crippen molar-refractivity contribution in [2.75, 3.05) is 25.1 Å². The van der Waals surface area contributed by atoms with Crippen LogP contribution in [0.2, 0.25) is 0 Å². The van der Waals surface area contributed by atoms with Crippen LogP contribution in [0.1, 0.15) is 6.92 Å². The topological polar surface area (TPSA) is 56.5 Å². The lowest BCUT2D eigenvalue weighted by Gasteiger charge is -2.19. The summed E-state index contributed by atoms with van der Waals surface area (Å²) in [4.78, 5) is 0.523. The zero-order chi connectivity index (χ0) is 12.3. The Bertz CT molecular complexity index is 423. The van der Waals surface area contributed by atoms with Crippen LogP contribution in [-0.2, 0) is 0 Å². The van der Waals surface area contributed by atoms with Crippen molar-refractivity contribution < 1.29 is 9.47 Å². The molecule has 4 nitrogen and oxygen atoms in total. The zero-order valence-corrected chi connectivity index (χ0v) is 10.5. The molecule has 1 aliphatic heterocycles. The van der Waals surface area contributed by atoms with Crippen molar-refractivity contribution in [3.05, 3.63) is 18.2 Å². The molecule has 2 rings (SSSR count). The van der Waals surface area contributed by atoms with Crippen molar-refractivity contribution in [3.8, 4) is 11.5 Å². The van der Waals surface area contributed by atoms with Crippen LogP contribution in [0, 0.1) is 5.92 Å². The van der Waals surface area contributed by atoms with Crippen molar-refractivity contribution in [1.29, 1.82) is 0 Å². The standard InChI is InChI=1S/C12H16N2O2S/c1-8(12(13)17)7-14-9-2-3-10-11(6-9)16-5-4-15-10/h2-3,6,8,14H,4-5,7H2,1H3,(H2,13,17). The molecule has 0 radical (unpaired) electrons. The fourth-order valence-electron chi connectivity index (χ4n) is 1.52. The van der Waals surface area contributed by atoms with E-state index in [9.17, 15) is 0 Å². The van der Waals surface area contributed by atoms with Gasteiger partial charge in [-0.1, -0.05) is 19.1 Å². The smallest absolute Gasteiger partial charge is 0.163 e. The Labute approximate surface area is 106 Å². The first-order valence-electron chi connectivity index (χ1n) is 5.59. The molecule has 1 atom stereocenters. The molecule has 17 heavy (non-hydrogen) atoms. The minimum Gasteiger partial charge on any atom is -0.486 e. The third-order valence-electron chi connectivity index (χ3n) is 2.64. The number of hydrogen-bond acceptors (Lipinski definition) is 4. The third kappa shape index (κ3) is 3.00. The van der Waals surface area contributed by atoms with E-state index in [1.54, 1.807) is 0 Å². The van der Waals surface area contributed by atoms with Crippen LogP contribution in [-0.4, -0.2) is 24.7 Å². The second kappa shape index (κ2) is 5.23. The average Bonchev–Trinajstić information content (AvgIpc) is 2.35. The summed E-state index contributed by atoms with van der Waals surface area (Å²) in [5.41, 5.74) is 6.54. The Morgan fingerprint density at radius 3 is 2.82 bits per heavy atom. The molecule has 1 unspecified atom stereocenters. The fraction of sp³-hybridized carbons (Fsp3) is 0.417. The van der Waals surface area contributed by atoms with Crippen molar-refractivity contribution in [3.63, 3.8) is 0 Å². The molecule has 0 amide bonds. The summed E-state index contributed by atoms with van der Waals surface area (Å²) in [7, 11) is 0. The van der Waals surface area contributed by atoms with Crippen molar-refractivity contribution in [2.24, 2.45) is 11.7 Å². The molecule has 92 valence electrons. The summed E-state index contributed by atoms with van der Waals surface area (Å²) in [5, 5.41) is 3.27. The van der Waals surface area contributed by atoms with Crippen LogP contribution in [0.15, 0.2) is 18.2 Å². The number of anilines is 1. The Hall–Kier alpha value is -1.49. The van der Waals surface area contributed by atoms with Gasteiger partial charge in [0.15, 0.2) is 11.5 Å². The van der Waals surface area contributed by atoms with E-state index >= 15 is 0 Å². The van der Waals surface area contributed by atoms with Gasteiger partial charge in [-0.25, -0.2) is 0 Å². The summed E-state index contributed by atoms with van der Waals surface area (Å²) < 4.78 is 11.0. The molecule has 3 N–H and O–H groups in total. The molecule has 0 aliphatic carbocycles. The molecule has 1 aromatic carbocycles. The van der Waals surface area contributed by atoms with E-state index in [0.29, 0.717) is 18.2 Å². The first kappa shape index (κ1) is 12.0. The van der Waals surface area contributed by atoms with Crippen LogP contribution in [0.5, 0.6) is 11.5 Å². The van der Waals surface area contributed by atoms with Crippen LogP contribution >= 0.6 is 12.2 Å². The molecule has 0 saturated heterocycles. The van der Waals surface area contributed by atoms with Crippen LogP contribution < -0.4 is 20.5 Å². The van der Waals surface area contributed by atoms with Gasteiger partial charge in [-0.15, -0.1) is 0 Å². The van der Waals surface area contributed by atoms with Crippen LogP contribution in [0.4, 0.5) is 5.69 Å². The lowest BCUT2D eigenvalue weighted by atomic mass is 10.2. The molecule has 0 bridgehead atoms. The maximum Gasteiger partial charge on any atom is 0.163 e. The van der Waals surface area contributed by atoms with Gasteiger partial charge in [0.2, 0.25) is 0 Å². The minimum absolute atomic E-state index is 0.165. The van der Waals surface area contributed by atoms with Crippen molar-refractivity contribution in [1.82, 2.24) is 0 Å². The highest BCUT2D eigenvalue weighted by Gasteiger charge is 2.12. The minimum atomic E-state index is 0.165. The third-order valence-corrected chi connectivity index (χ3v) is 3.04. The molecule has 0 aromatic heterocycles. The molecule has 1 aromatic rings. The number of benzene rings is 1. The molecule has 0 saturated carbocycles. The van der Waals surface area contributed by atoms with Gasteiger partial charge in [0, 0.05) is 24.2 Å². The van der Waals surface area contributed by atoms with Gasteiger partial charge in [0.1, 0.15) is 13.2 Å². The SMILES string of the molecule is CC(CNc1ccc2c(c1)OCCO2)C(N)=S. The molecule has 0 spiro atoms. The lowest BCUT2D eigenvalue weighted by Crippen LogP contribution is -2.25. The van der Waals surface area contributed by atoms with Crippen molar-refractivity contribution >= 4 is 22.9 Å². The highest BCUT2D eigenvalue weighted by atomic mass is 32.1. The first-order valence-corrected chi connectivity index (χ1v) is 6.00. The van der Waals surface area contributed by atoms with E-state index in [0.717, 1.165) is 23.7 Å². The van der Waals surface area contributed by atoms with Gasteiger partial charge in [0.05, 0.1) is 4.99 Å². The van der Waals surface area contributed by atoms with Gasteiger partial charge < -0.3 is 20.5 Å². The number of rotatable bonds is 4. The Morgan fingerprint density at radius 2 is 2.12 bits per heavy atom. The van der Waals surface area contributed by atoms with E-state index in [1.165, 1.54) is 0 Å². The lowest BCUT2D eigenvalue weighted by molar-refractivity contribution is 0.171. The molecular weight excluding hydrogens is 236 g/mol. The summed E-state index contributed by atoms with van der Waals surface area (Å²) >= 11 is 4.92. The maximum absolute atomic E-state index is 5.56. The quantitative estimate of drug-likeness (QED) is 0.800. The predicted molar refractivity (Wildman–Crippen MR) is 71.9 cm³/mol. The first-order chi connectivity index (χ1) is 8.16. The summed E-state index contributed by atoms with van der Waals surface area (Å²) in [6.45, 7) is 3.92. The second-order valence-corrected chi connectivity index (χ2v) is 4.51. The van der Waals surface area contributed by atoms with Crippen LogP contribution in [0.3, 0.4) is 0 Å². The zero-order valence-electron chi connectivity index (χ0n) is 9.73. The van der Waals surface area contributed by atoms with Gasteiger partial charge in [-0.05, 0) is 12.1 Å². The predicted octanol–water partition coefficient (Wildman–Crippen LogP) is 1.79. The van der Waals surface area contributed by atoms with E-state index in [4.69, 9.17) is 27.4 Å². The largest absolute Gasteiger partial charge is 0.486 e. The normalized spacial score (nSPS) is 15.1. The Kier molecular flexibility index (Phi) is 3.68. The number of nitrogens with two attached hydrogens (primary N) is 1. The van der Waals surface area contributed by atoms with E-state index < -0.39 is 0 Å². The van der Waals surface area contributed by atoms with Gasteiger partial charge in [-0.2, -0.15) is 0 Å². The van der Waals surface area contributed by atoms with Crippen LogP contribution in [0.25, 0.3) is 0 Å². The highest BCUT2D eigenvalue weighted by molar-refractivity contribution is 7.80. The maximum atomic E-state index is 5.56. The molecule has 5 heteroatoms. The summed E-state index contributed by atoms with van der Waals surface area (Å²) in [5.74, 6) is 1.74. The average molecular weight is 252 g/mol. The molecular formula is C12H16N2O2S. The Morgan fingerprint density at radius 1 is 1.41 bits per heavy atom. The van der Waals surface area contributed by atoms with E-state index in [-0.39, 0.29) is 5.92 Å². The fourth-order valence-corrected chi connectivity index (χ4v) is 1.61. The van der Waals surface area contributed by atoms with Gasteiger partial charge >= 0.3 is 0 Å². The number of hydrogen-bond donors (Lipinski definition) is 2. The number of thiocarbonyl (C=S) groups is 1. The van der Waals surface area contributed by atoms with Gasteiger partial charge in [-0.3, -0.25) is 0 Å². The van der Waals surface area contributed by atoms with Crippen molar-refractivity contribution in [2.45, 2.75) is 6.92 Å². The monoisotopic (exact) mass is 252 g/mol. The molecule has 1 aliphatic rings. The summed E-state index contributed by atoms with van der Waals surface area (Å²) in [6, 6.07) is 5.79. The second-order valence-electron chi connectivity index (χ2n) is 4.04. The Balaban J connectivity index is 2.00. The van der Waals surface area contributed by atoms with Gasteiger partial charge in [0.25, 0.3) is 0 Å². The highest BCUT2D eigenvalue weighted by Crippen LogP contribution is 2.32. The summed E-state index contributed by atoms with van der Waals surface area (Å²) in [6.07, 6.45) is 0. The number of ether oxygens (including phenoxy) is 2. The number of nitrogens with one attached hydrogen (secondary N) is 1. The number of fused-ring (bicyclic) bond motifs is 1. The van der Waals surface area contributed by atoms with E-state index in [2.05, 4.69) is 5.32 Å². The molecule has 1 heterocycles. The van der Waals surface area contributed by atoms with E-state index in [1.807, 2.05) is 25.1 Å². The molecule has 0 fully saturated rings.